The number of carbonyl (C=O) groups is 1. The average molecular weight is 400 g/mol. The molecule has 1 aromatic carbocycles. The van der Waals surface area contributed by atoms with Crippen LogP contribution in [0.3, 0.4) is 0 Å². The second kappa shape index (κ2) is 5.24. The molecule has 0 radical (unpaired) electrons. The van der Waals surface area contributed by atoms with Crippen LogP contribution in [0.5, 0.6) is 0 Å². The van der Waals surface area contributed by atoms with Gasteiger partial charge in [0, 0.05) is 26.6 Å². The zero-order valence-electron chi connectivity index (χ0n) is 12.3. The van der Waals surface area contributed by atoms with Crippen molar-refractivity contribution >= 4 is 43.4 Å². The molecule has 0 saturated carbocycles. The maximum absolute atomic E-state index is 11.4. The van der Waals surface area contributed by atoms with Gasteiger partial charge in [0.2, 0.25) is 0 Å². The quantitative estimate of drug-likeness (QED) is 0.583. The number of halogens is 1. The van der Waals surface area contributed by atoms with Gasteiger partial charge in [-0.05, 0) is 49.3 Å². The predicted octanol–water partition coefficient (Wildman–Crippen LogP) is 4.79. The highest BCUT2D eigenvalue weighted by Gasteiger charge is 2.47. The number of H-pyrrole nitrogens is 1. The minimum atomic E-state index is -2.45. The molecule has 0 spiro atoms. The molecule has 4 rings (SSSR count). The Kier molecular flexibility index (Phi) is 3.53. The summed E-state index contributed by atoms with van der Waals surface area (Å²) in [5.74, 6) is -0.709. The van der Waals surface area contributed by atoms with Crippen molar-refractivity contribution in [2.75, 3.05) is 0 Å². The molecule has 2 bridgehead atoms. The zero-order chi connectivity index (χ0) is 16.4. The van der Waals surface area contributed by atoms with Crippen LogP contribution < -0.4 is 0 Å². The van der Waals surface area contributed by atoms with E-state index in [4.69, 9.17) is 0 Å². The van der Waals surface area contributed by atoms with Crippen molar-refractivity contribution in [1.29, 1.82) is 0 Å². The molecule has 0 unspecified atom stereocenters. The Morgan fingerprint density at radius 2 is 1.87 bits per heavy atom. The van der Waals surface area contributed by atoms with E-state index in [1.807, 2.05) is 12.3 Å². The molecular weight excluding hydrogens is 382 g/mol. The summed E-state index contributed by atoms with van der Waals surface area (Å²) in [5, 5.41) is 10.3. The van der Waals surface area contributed by atoms with Gasteiger partial charge in [0.25, 0.3) is 0 Å². The number of aromatic amines is 1. The smallest absolute Gasteiger partial charge is 0.337 e. The molecule has 4 N–H and O–H groups in total. The van der Waals surface area contributed by atoms with Crippen LogP contribution in [0.2, 0.25) is 0 Å². The van der Waals surface area contributed by atoms with E-state index in [1.165, 1.54) is 0 Å². The first-order valence-corrected chi connectivity index (χ1v) is 10.1. The lowest BCUT2D eigenvalue weighted by Crippen LogP contribution is -2.28. The number of rotatable bonds is 2. The Balaban J connectivity index is 1.78. The number of hydrogen-bond acceptors (Lipinski definition) is 3. The molecule has 0 amide bonds. The summed E-state index contributed by atoms with van der Waals surface area (Å²) in [5.41, 5.74) is 1.99. The van der Waals surface area contributed by atoms with Crippen LogP contribution in [0.15, 0.2) is 22.8 Å². The minimum Gasteiger partial charge on any atom is -0.478 e. The maximum atomic E-state index is 11.4. The van der Waals surface area contributed by atoms with Gasteiger partial charge in [-0.25, -0.2) is 4.79 Å². The summed E-state index contributed by atoms with van der Waals surface area (Å²) in [6.07, 6.45) is 5.19. The predicted molar refractivity (Wildman–Crippen MR) is 94.6 cm³/mol. The number of aromatic nitrogens is 1. The molecule has 3 atom stereocenters. The van der Waals surface area contributed by atoms with Crippen LogP contribution in [-0.2, 0) is 0 Å². The summed E-state index contributed by atoms with van der Waals surface area (Å²) in [6.45, 7) is 0. The van der Waals surface area contributed by atoms with Gasteiger partial charge in [-0.15, -0.1) is 0 Å². The topological polar surface area (TPSA) is 93.6 Å². The fourth-order valence-electron chi connectivity index (χ4n) is 4.22. The summed E-state index contributed by atoms with van der Waals surface area (Å²) in [7, 11) is -2.45. The van der Waals surface area contributed by atoms with Gasteiger partial charge >= 0.3 is 5.97 Å². The molecule has 2 fully saturated rings. The molecule has 2 aromatic rings. The van der Waals surface area contributed by atoms with Gasteiger partial charge < -0.3 is 10.1 Å². The number of fused-ring (bicyclic) bond motifs is 3. The molecule has 7 heteroatoms. The van der Waals surface area contributed by atoms with Gasteiger partial charge in [-0.2, -0.15) is 10.6 Å². The molecule has 2 aliphatic rings. The standard InChI is InChI=1S/C16H18BrNO4S/c17-9-5-12-14(7-18-15(12)13(6-9)16(19)20)8-3-10-1-2-11(4-8)23(10,21)22/h5-8,10-11,18,21-22H,1-4H2,(H,19,20)/t8-,10+,11-. The molecule has 3 heterocycles. The highest BCUT2D eigenvalue weighted by molar-refractivity contribution is 9.10. The Hall–Kier alpha value is -1.02. The van der Waals surface area contributed by atoms with E-state index in [1.54, 1.807) is 6.07 Å². The number of aromatic carboxylic acids is 1. The molecule has 1 aromatic heterocycles. The normalized spacial score (nSPS) is 30.5. The largest absolute Gasteiger partial charge is 0.478 e. The third-order valence-corrected chi connectivity index (χ3v) is 8.62. The van der Waals surface area contributed by atoms with Gasteiger partial charge in [-0.3, -0.25) is 9.11 Å². The van der Waals surface area contributed by atoms with Crippen LogP contribution in [0, 0.1) is 0 Å². The molecule has 23 heavy (non-hydrogen) atoms. The summed E-state index contributed by atoms with van der Waals surface area (Å²) >= 11 is 3.40. The zero-order valence-corrected chi connectivity index (χ0v) is 14.7. The lowest BCUT2D eigenvalue weighted by atomic mass is 9.90. The molecule has 124 valence electrons. The summed E-state index contributed by atoms with van der Waals surface area (Å²) in [6, 6.07) is 3.55. The fourth-order valence-corrected chi connectivity index (χ4v) is 7.22. The molecule has 2 saturated heterocycles. The van der Waals surface area contributed by atoms with Crippen LogP contribution in [0.1, 0.15) is 47.5 Å². The third-order valence-electron chi connectivity index (χ3n) is 5.34. The van der Waals surface area contributed by atoms with Crippen LogP contribution in [0.25, 0.3) is 10.9 Å². The van der Waals surface area contributed by atoms with E-state index < -0.39 is 16.6 Å². The fraction of sp³-hybridized carbons (Fsp3) is 0.438. The highest BCUT2D eigenvalue weighted by Crippen LogP contribution is 2.66. The van der Waals surface area contributed by atoms with Crippen molar-refractivity contribution in [3.05, 3.63) is 33.9 Å². The first-order valence-electron chi connectivity index (χ1n) is 7.67. The van der Waals surface area contributed by atoms with Crippen molar-refractivity contribution in [3.63, 3.8) is 0 Å². The van der Waals surface area contributed by atoms with Gasteiger partial charge in [0.1, 0.15) is 0 Å². The number of benzene rings is 1. The van der Waals surface area contributed by atoms with Crippen LogP contribution >= 0.6 is 26.5 Å². The van der Waals surface area contributed by atoms with E-state index in [-0.39, 0.29) is 22.0 Å². The van der Waals surface area contributed by atoms with Gasteiger partial charge in [-0.1, -0.05) is 15.9 Å². The van der Waals surface area contributed by atoms with E-state index >= 15 is 0 Å². The first kappa shape index (κ1) is 15.5. The highest BCUT2D eigenvalue weighted by atomic mass is 79.9. The van der Waals surface area contributed by atoms with E-state index in [0.29, 0.717) is 5.52 Å². The third kappa shape index (κ3) is 2.33. The Morgan fingerprint density at radius 1 is 1.22 bits per heavy atom. The molecular formula is C16H18BrNO4S. The van der Waals surface area contributed by atoms with Gasteiger partial charge in [0.05, 0.1) is 11.1 Å². The molecule has 5 nitrogen and oxygen atoms in total. The summed E-state index contributed by atoms with van der Waals surface area (Å²) < 4.78 is 21.4. The number of nitrogens with one attached hydrogen (secondary N) is 1. The number of carboxylic acids is 1. The van der Waals surface area contributed by atoms with Crippen molar-refractivity contribution < 1.29 is 19.0 Å². The lowest BCUT2D eigenvalue weighted by Gasteiger charge is -2.46. The van der Waals surface area contributed by atoms with Crippen LogP contribution in [-0.4, -0.2) is 35.7 Å². The lowest BCUT2D eigenvalue weighted by molar-refractivity contribution is 0.0698. The summed E-state index contributed by atoms with van der Waals surface area (Å²) in [4.78, 5) is 14.6. The van der Waals surface area contributed by atoms with Crippen molar-refractivity contribution in [2.45, 2.75) is 42.1 Å². The first-order chi connectivity index (χ1) is 10.9. The second-order valence-electron chi connectivity index (χ2n) is 6.55. The Morgan fingerprint density at radius 3 is 2.48 bits per heavy atom. The molecule has 0 aliphatic carbocycles. The van der Waals surface area contributed by atoms with E-state index in [9.17, 15) is 19.0 Å². The van der Waals surface area contributed by atoms with Crippen molar-refractivity contribution in [1.82, 2.24) is 4.98 Å². The maximum Gasteiger partial charge on any atom is 0.337 e. The van der Waals surface area contributed by atoms with E-state index in [0.717, 1.165) is 41.1 Å². The Labute approximate surface area is 143 Å². The second-order valence-corrected chi connectivity index (χ2v) is 10.1. The van der Waals surface area contributed by atoms with Crippen molar-refractivity contribution in [2.24, 2.45) is 0 Å². The molecule has 2 aliphatic heterocycles. The number of hydrogen-bond donors (Lipinski definition) is 4. The number of carboxylic acid groups (broad SMARTS) is 1. The van der Waals surface area contributed by atoms with Gasteiger partial charge in [0.15, 0.2) is 0 Å². The minimum absolute atomic E-state index is 0.0118. The van der Waals surface area contributed by atoms with Crippen molar-refractivity contribution in [3.8, 4) is 0 Å². The SMILES string of the molecule is O=C(O)c1cc(Br)cc2c([C@H]3C[C@H]4CC[C@@H](C3)S4(O)O)c[nH]c12. The monoisotopic (exact) mass is 399 g/mol. The van der Waals surface area contributed by atoms with E-state index in [2.05, 4.69) is 20.9 Å². The van der Waals surface area contributed by atoms with Crippen LogP contribution in [0.4, 0.5) is 0 Å². The average Bonchev–Trinajstić information content (AvgIpc) is 2.90. The Bertz CT molecular complexity index is 787.